The molecule has 0 aliphatic rings. The van der Waals surface area contributed by atoms with Crippen LogP contribution in [0.4, 0.5) is 11.5 Å². The third-order valence-corrected chi connectivity index (χ3v) is 2.96. The second-order valence-corrected chi connectivity index (χ2v) is 4.40. The molecule has 2 aromatic rings. The SMILES string of the molecule is CCN(Cc1cccc(N)n1)c1ccc(C)cc1. The quantitative estimate of drug-likeness (QED) is 0.894. The number of pyridine rings is 1. The molecule has 3 heteroatoms. The molecule has 94 valence electrons. The summed E-state index contributed by atoms with van der Waals surface area (Å²) in [5.41, 5.74) is 9.19. The predicted molar refractivity (Wildman–Crippen MR) is 76.6 cm³/mol. The number of aromatic nitrogens is 1. The molecule has 0 aliphatic heterocycles. The Morgan fingerprint density at radius 2 is 1.83 bits per heavy atom. The molecule has 1 aromatic heterocycles. The summed E-state index contributed by atoms with van der Waals surface area (Å²) in [5.74, 6) is 0.576. The molecule has 0 spiro atoms. The van der Waals surface area contributed by atoms with Crippen molar-refractivity contribution in [2.75, 3.05) is 17.2 Å². The third kappa shape index (κ3) is 3.00. The molecule has 3 nitrogen and oxygen atoms in total. The molecule has 0 radical (unpaired) electrons. The van der Waals surface area contributed by atoms with Gasteiger partial charge >= 0.3 is 0 Å². The van der Waals surface area contributed by atoms with Crippen LogP contribution in [0.1, 0.15) is 18.2 Å². The van der Waals surface area contributed by atoms with Gasteiger partial charge in [-0.2, -0.15) is 0 Å². The average Bonchev–Trinajstić information content (AvgIpc) is 2.37. The maximum Gasteiger partial charge on any atom is 0.123 e. The Hall–Kier alpha value is -2.03. The fourth-order valence-corrected chi connectivity index (χ4v) is 1.92. The average molecular weight is 241 g/mol. The first-order valence-electron chi connectivity index (χ1n) is 6.22. The van der Waals surface area contributed by atoms with Crippen LogP contribution in [0.2, 0.25) is 0 Å². The number of anilines is 2. The molecular formula is C15H19N3. The summed E-state index contributed by atoms with van der Waals surface area (Å²) in [6.07, 6.45) is 0. The van der Waals surface area contributed by atoms with Crippen molar-refractivity contribution >= 4 is 11.5 Å². The smallest absolute Gasteiger partial charge is 0.123 e. The predicted octanol–water partition coefficient (Wildman–Crippen LogP) is 3.00. The molecule has 0 unspecified atom stereocenters. The molecule has 0 atom stereocenters. The lowest BCUT2D eigenvalue weighted by molar-refractivity contribution is 0.811. The van der Waals surface area contributed by atoms with Crippen molar-refractivity contribution in [2.24, 2.45) is 0 Å². The van der Waals surface area contributed by atoms with Crippen LogP contribution in [-0.2, 0) is 6.54 Å². The molecule has 2 rings (SSSR count). The van der Waals surface area contributed by atoms with Crippen molar-refractivity contribution in [3.63, 3.8) is 0 Å². The van der Waals surface area contributed by atoms with E-state index in [2.05, 4.69) is 48.0 Å². The largest absolute Gasteiger partial charge is 0.384 e. The van der Waals surface area contributed by atoms with Gasteiger partial charge in [0.05, 0.1) is 12.2 Å². The Labute approximate surface area is 108 Å². The highest BCUT2D eigenvalue weighted by molar-refractivity contribution is 5.47. The third-order valence-electron chi connectivity index (χ3n) is 2.96. The van der Waals surface area contributed by atoms with Gasteiger partial charge in [-0.1, -0.05) is 23.8 Å². The van der Waals surface area contributed by atoms with E-state index in [1.165, 1.54) is 11.3 Å². The highest BCUT2D eigenvalue weighted by atomic mass is 15.1. The van der Waals surface area contributed by atoms with Gasteiger partial charge in [0.1, 0.15) is 5.82 Å². The van der Waals surface area contributed by atoms with E-state index in [4.69, 9.17) is 5.73 Å². The van der Waals surface area contributed by atoms with E-state index in [1.807, 2.05) is 18.2 Å². The molecule has 0 saturated heterocycles. The van der Waals surface area contributed by atoms with Crippen molar-refractivity contribution in [1.29, 1.82) is 0 Å². The standard InChI is InChI=1S/C15H19N3/c1-3-18(14-9-7-12(2)8-10-14)11-13-5-4-6-15(16)17-13/h4-10H,3,11H2,1-2H3,(H2,16,17). The Kier molecular flexibility index (Phi) is 3.82. The minimum Gasteiger partial charge on any atom is -0.384 e. The monoisotopic (exact) mass is 241 g/mol. The number of rotatable bonds is 4. The topological polar surface area (TPSA) is 42.1 Å². The number of nitrogens with two attached hydrogens (primary N) is 1. The summed E-state index contributed by atoms with van der Waals surface area (Å²) < 4.78 is 0. The van der Waals surface area contributed by atoms with Gasteiger partial charge in [0.25, 0.3) is 0 Å². The fraction of sp³-hybridized carbons (Fsp3) is 0.267. The molecule has 0 amide bonds. The lowest BCUT2D eigenvalue weighted by Gasteiger charge is -2.23. The number of nitrogens with zero attached hydrogens (tertiary/aromatic N) is 2. The van der Waals surface area contributed by atoms with E-state index in [0.717, 1.165) is 18.8 Å². The van der Waals surface area contributed by atoms with Gasteiger partial charge in [-0.25, -0.2) is 4.98 Å². The van der Waals surface area contributed by atoms with E-state index < -0.39 is 0 Å². The van der Waals surface area contributed by atoms with E-state index in [0.29, 0.717) is 5.82 Å². The van der Waals surface area contributed by atoms with Crippen LogP contribution < -0.4 is 10.6 Å². The van der Waals surface area contributed by atoms with Crippen molar-refractivity contribution in [3.8, 4) is 0 Å². The maximum atomic E-state index is 5.70. The summed E-state index contributed by atoms with van der Waals surface area (Å²) in [4.78, 5) is 6.62. The first-order chi connectivity index (χ1) is 8.69. The lowest BCUT2D eigenvalue weighted by Crippen LogP contribution is -2.22. The molecule has 18 heavy (non-hydrogen) atoms. The second kappa shape index (κ2) is 5.54. The van der Waals surface area contributed by atoms with Crippen molar-refractivity contribution in [2.45, 2.75) is 20.4 Å². The highest BCUT2D eigenvalue weighted by Crippen LogP contribution is 2.17. The number of hydrogen-bond donors (Lipinski definition) is 1. The molecular weight excluding hydrogens is 222 g/mol. The number of nitrogen functional groups attached to an aromatic ring is 1. The Morgan fingerprint density at radius 3 is 2.44 bits per heavy atom. The molecule has 0 fully saturated rings. The minimum atomic E-state index is 0.576. The second-order valence-electron chi connectivity index (χ2n) is 4.40. The zero-order valence-corrected chi connectivity index (χ0v) is 10.9. The maximum absolute atomic E-state index is 5.70. The Bertz CT molecular complexity index is 505. The number of benzene rings is 1. The van der Waals surface area contributed by atoms with E-state index in [9.17, 15) is 0 Å². The molecule has 1 aromatic carbocycles. The number of aryl methyl sites for hydroxylation is 1. The van der Waals surface area contributed by atoms with Crippen LogP contribution in [0.15, 0.2) is 42.5 Å². The zero-order valence-electron chi connectivity index (χ0n) is 10.9. The highest BCUT2D eigenvalue weighted by Gasteiger charge is 2.06. The van der Waals surface area contributed by atoms with Gasteiger partial charge in [-0.15, -0.1) is 0 Å². The van der Waals surface area contributed by atoms with Crippen LogP contribution >= 0.6 is 0 Å². The lowest BCUT2D eigenvalue weighted by atomic mass is 10.2. The van der Waals surface area contributed by atoms with Crippen molar-refractivity contribution in [1.82, 2.24) is 4.98 Å². The van der Waals surface area contributed by atoms with E-state index in [-0.39, 0.29) is 0 Å². The van der Waals surface area contributed by atoms with Gasteiger partial charge in [-0.3, -0.25) is 0 Å². The van der Waals surface area contributed by atoms with Crippen molar-refractivity contribution < 1.29 is 0 Å². The summed E-state index contributed by atoms with van der Waals surface area (Å²) in [5, 5.41) is 0. The minimum absolute atomic E-state index is 0.576. The van der Waals surface area contributed by atoms with Gasteiger partial charge in [-0.05, 0) is 38.1 Å². The summed E-state index contributed by atoms with van der Waals surface area (Å²) in [6, 6.07) is 14.3. The van der Waals surface area contributed by atoms with Crippen LogP contribution in [0.5, 0.6) is 0 Å². The Balaban J connectivity index is 2.17. The van der Waals surface area contributed by atoms with Gasteiger partial charge in [0.15, 0.2) is 0 Å². The van der Waals surface area contributed by atoms with Gasteiger partial charge in [0, 0.05) is 12.2 Å². The molecule has 0 bridgehead atoms. The van der Waals surface area contributed by atoms with Gasteiger partial charge < -0.3 is 10.6 Å². The van der Waals surface area contributed by atoms with Crippen molar-refractivity contribution in [3.05, 3.63) is 53.7 Å². The first-order valence-corrected chi connectivity index (χ1v) is 6.22. The Morgan fingerprint density at radius 1 is 1.11 bits per heavy atom. The van der Waals surface area contributed by atoms with Gasteiger partial charge in [0.2, 0.25) is 0 Å². The fourth-order valence-electron chi connectivity index (χ4n) is 1.92. The molecule has 1 heterocycles. The van der Waals surface area contributed by atoms with E-state index in [1.54, 1.807) is 0 Å². The van der Waals surface area contributed by atoms with Crippen LogP contribution in [0, 0.1) is 6.92 Å². The normalized spacial score (nSPS) is 10.3. The van der Waals surface area contributed by atoms with Crippen LogP contribution in [0.25, 0.3) is 0 Å². The molecule has 2 N–H and O–H groups in total. The number of hydrogen-bond acceptors (Lipinski definition) is 3. The van der Waals surface area contributed by atoms with E-state index >= 15 is 0 Å². The summed E-state index contributed by atoms with van der Waals surface area (Å²) in [6.45, 7) is 5.97. The first kappa shape index (κ1) is 12.4. The van der Waals surface area contributed by atoms with Crippen LogP contribution in [-0.4, -0.2) is 11.5 Å². The zero-order chi connectivity index (χ0) is 13.0. The molecule has 0 saturated carbocycles. The summed E-state index contributed by atoms with van der Waals surface area (Å²) >= 11 is 0. The van der Waals surface area contributed by atoms with Crippen LogP contribution in [0.3, 0.4) is 0 Å². The summed E-state index contributed by atoms with van der Waals surface area (Å²) in [7, 11) is 0. The molecule has 0 aliphatic carbocycles.